The van der Waals surface area contributed by atoms with Gasteiger partial charge in [0, 0.05) is 6.61 Å². The molecule has 0 radical (unpaired) electrons. The molecule has 0 aromatic carbocycles. The summed E-state index contributed by atoms with van der Waals surface area (Å²) in [5.41, 5.74) is -0.450. The van der Waals surface area contributed by atoms with Crippen molar-refractivity contribution in [2.75, 3.05) is 19.8 Å². The van der Waals surface area contributed by atoms with E-state index in [9.17, 15) is 0 Å². The number of aliphatic hydroxyl groups is 1. The molecule has 0 aromatic rings. The van der Waals surface area contributed by atoms with Crippen LogP contribution in [0.5, 0.6) is 0 Å². The minimum absolute atomic E-state index is 0.0243. The van der Waals surface area contributed by atoms with Crippen molar-refractivity contribution < 1.29 is 14.7 Å². The lowest BCUT2D eigenvalue weighted by Crippen LogP contribution is -2.29. The molecule has 0 aliphatic rings. The third-order valence-electron chi connectivity index (χ3n) is 1.28. The van der Waals surface area contributed by atoms with Crippen LogP contribution in [0, 0.1) is 0 Å². The maximum atomic E-state index is 8.77. The molecular formula is C7H17NO3. The first-order chi connectivity index (χ1) is 5.12. The first-order valence-electron chi connectivity index (χ1n) is 3.69. The maximum absolute atomic E-state index is 8.77. The van der Waals surface area contributed by atoms with E-state index in [1.807, 2.05) is 13.8 Å². The van der Waals surface area contributed by atoms with E-state index in [1.54, 1.807) is 0 Å². The number of rotatable bonds is 6. The standard InChI is InChI=1S/C7H17NO3/c1-7(2,6-9)10-4-3-5-11-8/h9H,3-6,8H2,1-2H3. The van der Waals surface area contributed by atoms with Crippen molar-refractivity contribution in [2.24, 2.45) is 5.90 Å². The Bertz CT molecular complexity index is 95.7. The number of hydrogen-bond donors (Lipinski definition) is 2. The molecule has 0 aliphatic heterocycles. The van der Waals surface area contributed by atoms with Gasteiger partial charge in [-0.15, -0.1) is 0 Å². The molecule has 3 N–H and O–H groups in total. The summed E-state index contributed by atoms with van der Waals surface area (Å²) >= 11 is 0. The molecule has 0 saturated carbocycles. The fourth-order valence-corrected chi connectivity index (χ4v) is 0.536. The lowest BCUT2D eigenvalue weighted by atomic mass is 10.1. The molecule has 4 nitrogen and oxygen atoms in total. The zero-order valence-corrected chi connectivity index (χ0v) is 7.17. The highest BCUT2D eigenvalue weighted by Gasteiger charge is 2.15. The quantitative estimate of drug-likeness (QED) is 0.429. The summed E-state index contributed by atoms with van der Waals surface area (Å²) in [6, 6.07) is 0. The summed E-state index contributed by atoms with van der Waals surface area (Å²) in [5, 5.41) is 8.77. The molecule has 0 aliphatic carbocycles. The average Bonchev–Trinajstić information content (AvgIpc) is 1.99. The largest absolute Gasteiger partial charge is 0.393 e. The molecule has 0 heterocycles. The SMILES string of the molecule is CC(C)(CO)OCCCON. The number of hydrogen-bond acceptors (Lipinski definition) is 4. The zero-order valence-electron chi connectivity index (χ0n) is 7.17. The first-order valence-corrected chi connectivity index (χ1v) is 3.69. The average molecular weight is 163 g/mol. The molecule has 0 rings (SSSR count). The summed E-state index contributed by atoms with van der Waals surface area (Å²) in [7, 11) is 0. The molecular weight excluding hydrogens is 146 g/mol. The third kappa shape index (κ3) is 6.25. The van der Waals surface area contributed by atoms with Gasteiger partial charge in [0.25, 0.3) is 0 Å². The highest BCUT2D eigenvalue weighted by Crippen LogP contribution is 2.07. The van der Waals surface area contributed by atoms with Gasteiger partial charge < -0.3 is 14.7 Å². The van der Waals surface area contributed by atoms with E-state index in [4.69, 9.17) is 15.7 Å². The van der Waals surface area contributed by atoms with Crippen LogP contribution in [0.2, 0.25) is 0 Å². The summed E-state index contributed by atoms with van der Waals surface area (Å²) in [6.07, 6.45) is 0.750. The monoisotopic (exact) mass is 163 g/mol. The molecule has 0 unspecified atom stereocenters. The molecule has 0 saturated heterocycles. The second kappa shape index (κ2) is 5.49. The lowest BCUT2D eigenvalue weighted by molar-refractivity contribution is -0.0594. The fraction of sp³-hybridized carbons (Fsp3) is 1.00. The molecule has 0 amide bonds. The van der Waals surface area contributed by atoms with Gasteiger partial charge in [0.05, 0.1) is 18.8 Å². The molecule has 0 bridgehead atoms. The molecule has 0 fully saturated rings. The number of aliphatic hydroxyl groups excluding tert-OH is 1. The minimum atomic E-state index is -0.450. The van der Waals surface area contributed by atoms with E-state index in [0.717, 1.165) is 6.42 Å². The third-order valence-corrected chi connectivity index (χ3v) is 1.28. The van der Waals surface area contributed by atoms with Gasteiger partial charge in [-0.05, 0) is 20.3 Å². The summed E-state index contributed by atoms with van der Waals surface area (Å²) < 4.78 is 5.30. The van der Waals surface area contributed by atoms with Crippen LogP contribution in [0.4, 0.5) is 0 Å². The van der Waals surface area contributed by atoms with Crippen LogP contribution < -0.4 is 5.90 Å². The zero-order chi connectivity index (χ0) is 8.74. The van der Waals surface area contributed by atoms with E-state index in [2.05, 4.69) is 4.84 Å². The topological polar surface area (TPSA) is 64.7 Å². The van der Waals surface area contributed by atoms with E-state index in [-0.39, 0.29) is 6.61 Å². The minimum Gasteiger partial charge on any atom is -0.393 e. The van der Waals surface area contributed by atoms with E-state index >= 15 is 0 Å². The number of nitrogens with two attached hydrogens (primary N) is 1. The van der Waals surface area contributed by atoms with Crippen LogP contribution in [0.3, 0.4) is 0 Å². The molecule has 0 atom stereocenters. The predicted molar refractivity (Wildman–Crippen MR) is 41.9 cm³/mol. The van der Waals surface area contributed by atoms with Crippen molar-refractivity contribution in [3.8, 4) is 0 Å². The molecule has 0 spiro atoms. The Labute approximate surface area is 67.2 Å². The summed E-state index contributed by atoms with van der Waals surface area (Å²) in [5.74, 6) is 4.81. The lowest BCUT2D eigenvalue weighted by Gasteiger charge is -2.22. The van der Waals surface area contributed by atoms with Crippen molar-refractivity contribution in [1.82, 2.24) is 0 Å². The van der Waals surface area contributed by atoms with Crippen LogP contribution >= 0.6 is 0 Å². The summed E-state index contributed by atoms with van der Waals surface area (Å²) in [6.45, 7) is 4.73. The Morgan fingerprint density at radius 2 is 2.00 bits per heavy atom. The first kappa shape index (κ1) is 10.8. The highest BCUT2D eigenvalue weighted by atomic mass is 16.6. The smallest absolute Gasteiger partial charge is 0.0856 e. The number of ether oxygens (including phenoxy) is 1. The molecule has 68 valence electrons. The van der Waals surface area contributed by atoms with Gasteiger partial charge in [-0.2, -0.15) is 0 Å². The van der Waals surface area contributed by atoms with E-state index in [0.29, 0.717) is 13.2 Å². The molecule has 11 heavy (non-hydrogen) atoms. The van der Waals surface area contributed by atoms with Crippen molar-refractivity contribution in [3.63, 3.8) is 0 Å². The normalized spacial score (nSPS) is 12.0. The van der Waals surface area contributed by atoms with Crippen LogP contribution in [0.25, 0.3) is 0 Å². The van der Waals surface area contributed by atoms with Crippen LogP contribution in [-0.2, 0) is 9.57 Å². The Balaban J connectivity index is 3.23. The van der Waals surface area contributed by atoms with Gasteiger partial charge in [-0.25, -0.2) is 5.90 Å². The van der Waals surface area contributed by atoms with Crippen LogP contribution in [0.1, 0.15) is 20.3 Å². The van der Waals surface area contributed by atoms with Crippen LogP contribution in [-0.4, -0.2) is 30.5 Å². The maximum Gasteiger partial charge on any atom is 0.0856 e. The predicted octanol–water partition coefficient (Wildman–Crippen LogP) is 0.0543. The van der Waals surface area contributed by atoms with Crippen LogP contribution in [0.15, 0.2) is 0 Å². The van der Waals surface area contributed by atoms with E-state index in [1.165, 1.54) is 0 Å². The van der Waals surface area contributed by atoms with Gasteiger partial charge in [0.1, 0.15) is 0 Å². The Morgan fingerprint density at radius 1 is 1.36 bits per heavy atom. The van der Waals surface area contributed by atoms with Crippen molar-refractivity contribution in [1.29, 1.82) is 0 Å². The Morgan fingerprint density at radius 3 is 2.45 bits per heavy atom. The van der Waals surface area contributed by atoms with Gasteiger partial charge in [-0.3, -0.25) is 0 Å². The second-order valence-electron chi connectivity index (χ2n) is 2.99. The Hall–Kier alpha value is -0.160. The molecule has 4 heteroatoms. The van der Waals surface area contributed by atoms with Crippen molar-refractivity contribution >= 4 is 0 Å². The van der Waals surface area contributed by atoms with Crippen molar-refractivity contribution in [3.05, 3.63) is 0 Å². The van der Waals surface area contributed by atoms with Gasteiger partial charge >= 0.3 is 0 Å². The van der Waals surface area contributed by atoms with Gasteiger partial charge in [-0.1, -0.05) is 0 Å². The second-order valence-corrected chi connectivity index (χ2v) is 2.99. The van der Waals surface area contributed by atoms with Gasteiger partial charge in [0.15, 0.2) is 0 Å². The Kier molecular flexibility index (Phi) is 5.41. The molecule has 0 aromatic heterocycles. The highest BCUT2D eigenvalue weighted by molar-refractivity contribution is 4.65. The van der Waals surface area contributed by atoms with E-state index < -0.39 is 5.60 Å². The van der Waals surface area contributed by atoms with Gasteiger partial charge in [0.2, 0.25) is 0 Å². The fourth-order valence-electron chi connectivity index (χ4n) is 0.536. The van der Waals surface area contributed by atoms with Crippen molar-refractivity contribution in [2.45, 2.75) is 25.9 Å². The summed E-state index contributed by atoms with van der Waals surface area (Å²) in [4.78, 5) is 4.35.